The maximum absolute atomic E-state index is 12.9. The van der Waals surface area contributed by atoms with Crippen molar-refractivity contribution < 1.29 is 28.6 Å². The Morgan fingerprint density at radius 3 is 2.62 bits per heavy atom. The van der Waals surface area contributed by atoms with Crippen molar-refractivity contribution >= 4 is 50.9 Å². The topological polar surface area (TPSA) is 82.1 Å². The summed E-state index contributed by atoms with van der Waals surface area (Å²) in [6, 6.07) is 11.1. The molecule has 9 heteroatoms. The van der Waals surface area contributed by atoms with Crippen molar-refractivity contribution in [1.29, 1.82) is 0 Å². The van der Waals surface area contributed by atoms with Crippen LogP contribution in [0.3, 0.4) is 0 Å². The highest BCUT2D eigenvalue weighted by Crippen LogP contribution is 2.39. The van der Waals surface area contributed by atoms with Crippen LogP contribution in [0.2, 0.25) is 0 Å². The zero-order valence-electron chi connectivity index (χ0n) is 17.8. The predicted molar refractivity (Wildman–Crippen MR) is 126 cm³/mol. The molecule has 2 amide bonds. The van der Waals surface area contributed by atoms with Crippen molar-refractivity contribution in [3.63, 3.8) is 0 Å². The third-order valence-electron chi connectivity index (χ3n) is 4.65. The van der Waals surface area contributed by atoms with E-state index in [1.54, 1.807) is 18.2 Å². The molecule has 1 fully saturated rings. The first-order chi connectivity index (χ1) is 15.3. The van der Waals surface area contributed by atoms with Gasteiger partial charge in [-0.05, 0) is 76.4 Å². The largest absolute Gasteiger partial charge is 0.490 e. The molecule has 0 saturated carbocycles. The highest BCUT2D eigenvalue weighted by atomic mass is 79.9. The third kappa shape index (κ3) is 5.52. The van der Waals surface area contributed by atoms with Crippen molar-refractivity contribution in [2.75, 3.05) is 20.3 Å². The highest BCUT2D eigenvalue weighted by molar-refractivity contribution is 9.10. The lowest BCUT2D eigenvalue weighted by atomic mass is 10.1. The minimum absolute atomic E-state index is 0.225. The molecule has 0 atom stereocenters. The van der Waals surface area contributed by atoms with Gasteiger partial charge in [-0.25, -0.2) is 4.79 Å². The van der Waals surface area contributed by atoms with Gasteiger partial charge in [-0.3, -0.25) is 14.5 Å². The second-order valence-electron chi connectivity index (χ2n) is 6.82. The van der Waals surface area contributed by atoms with Crippen molar-refractivity contribution in [2.45, 2.75) is 20.4 Å². The van der Waals surface area contributed by atoms with Gasteiger partial charge in [0, 0.05) is 0 Å². The number of hydrogen-bond acceptors (Lipinski definition) is 7. The van der Waals surface area contributed by atoms with Gasteiger partial charge in [-0.2, -0.15) is 0 Å². The Hall–Kier alpha value is -2.78. The summed E-state index contributed by atoms with van der Waals surface area (Å²) >= 11 is 4.32. The average Bonchev–Trinajstić information content (AvgIpc) is 3.02. The number of carbonyl (C=O) groups excluding carboxylic acids is 3. The zero-order valence-corrected chi connectivity index (χ0v) is 20.2. The van der Waals surface area contributed by atoms with E-state index in [0.717, 1.165) is 22.9 Å². The normalized spacial score (nSPS) is 14.8. The number of methoxy groups -OCH3 is 1. The molecule has 1 aliphatic rings. The van der Waals surface area contributed by atoms with Crippen molar-refractivity contribution in [2.24, 2.45) is 0 Å². The monoisotopic (exact) mass is 519 g/mol. The Labute approximate surface area is 198 Å². The molecule has 0 aliphatic carbocycles. The van der Waals surface area contributed by atoms with Crippen LogP contribution in [-0.4, -0.2) is 42.3 Å². The molecule has 0 spiro atoms. The van der Waals surface area contributed by atoms with Gasteiger partial charge in [0.2, 0.25) is 0 Å². The molecule has 1 heterocycles. The van der Waals surface area contributed by atoms with Gasteiger partial charge in [0.15, 0.2) is 18.1 Å². The average molecular weight is 520 g/mol. The summed E-state index contributed by atoms with van der Waals surface area (Å²) in [5.74, 6) is -0.118. The standard InChI is InChI=1S/C23H22BrNO6S/c1-4-30-18-10-15(9-17(24)21(18)31-13-20(26)29-3)11-19-22(27)25(23(28)32-19)12-16-8-6-5-7-14(16)2/h5-11H,4,12-13H2,1-3H3/b19-11-. The van der Waals surface area contributed by atoms with E-state index in [1.807, 2.05) is 38.1 Å². The summed E-state index contributed by atoms with van der Waals surface area (Å²) in [5, 5.41) is -0.313. The fourth-order valence-corrected chi connectivity index (χ4v) is 4.42. The van der Waals surface area contributed by atoms with E-state index in [4.69, 9.17) is 9.47 Å². The van der Waals surface area contributed by atoms with E-state index in [1.165, 1.54) is 12.0 Å². The molecule has 0 bridgehead atoms. The molecule has 3 rings (SSSR count). The number of amides is 2. The number of rotatable bonds is 8. The Kier molecular flexibility index (Phi) is 7.98. The van der Waals surface area contributed by atoms with E-state index in [2.05, 4.69) is 20.7 Å². The Morgan fingerprint density at radius 1 is 1.19 bits per heavy atom. The minimum Gasteiger partial charge on any atom is -0.490 e. The molecule has 0 aromatic heterocycles. The maximum atomic E-state index is 12.9. The lowest BCUT2D eigenvalue weighted by Gasteiger charge is -2.14. The van der Waals surface area contributed by atoms with Gasteiger partial charge in [0.1, 0.15) is 0 Å². The zero-order chi connectivity index (χ0) is 23.3. The minimum atomic E-state index is -0.522. The van der Waals surface area contributed by atoms with E-state index >= 15 is 0 Å². The van der Waals surface area contributed by atoms with E-state index in [0.29, 0.717) is 33.0 Å². The molecule has 7 nitrogen and oxygen atoms in total. The molecule has 32 heavy (non-hydrogen) atoms. The molecule has 0 N–H and O–H groups in total. The number of benzene rings is 2. The number of halogens is 1. The number of nitrogens with zero attached hydrogens (tertiary/aromatic N) is 1. The summed E-state index contributed by atoms with van der Waals surface area (Å²) in [5.41, 5.74) is 2.58. The van der Waals surface area contributed by atoms with Gasteiger partial charge in [0.05, 0.1) is 29.6 Å². The van der Waals surface area contributed by atoms with Crippen LogP contribution in [0.1, 0.15) is 23.6 Å². The van der Waals surface area contributed by atoms with Crippen LogP contribution in [0.15, 0.2) is 45.8 Å². The van der Waals surface area contributed by atoms with Crippen LogP contribution in [0.4, 0.5) is 4.79 Å². The molecule has 2 aromatic carbocycles. The van der Waals surface area contributed by atoms with Crippen LogP contribution in [0, 0.1) is 6.92 Å². The number of carbonyl (C=O) groups is 3. The Morgan fingerprint density at radius 2 is 1.94 bits per heavy atom. The second-order valence-corrected chi connectivity index (χ2v) is 8.67. The van der Waals surface area contributed by atoms with E-state index < -0.39 is 5.97 Å². The van der Waals surface area contributed by atoms with Crippen LogP contribution >= 0.6 is 27.7 Å². The van der Waals surface area contributed by atoms with Gasteiger partial charge in [-0.15, -0.1) is 0 Å². The number of esters is 1. The highest BCUT2D eigenvalue weighted by Gasteiger charge is 2.35. The molecule has 1 saturated heterocycles. The quantitative estimate of drug-likeness (QED) is 0.360. The van der Waals surface area contributed by atoms with Crippen LogP contribution in [0.5, 0.6) is 11.5 Å². The summed E-state index contributed by atoms with van der Waals surface area (Å²) in [6.07, 6.45) is 1.64. The molecule has 0 radical (unpaired) electrons. The fraction of sp³-hybridized carbons (Fsp3) is 0.261. The first kappa shape index (κ1) is 23.9. The number of thioether (sulfide) groups is 1. The van der Waals surface area contributed by atoms with Crippen LogP contribution in [-0.2, 0) is 20.9 Å². The van der Waals surface area contributed by atoms with Crippen LogP contribution in [0.25, 0.3) is 6.08 Å². The number of aryl methyl sites for hydroxylation is 1. The lowest BCUT2D eigenvalue weighted by Crippen LogP contribution is -2.27. The van der Waals surface area contributed by atoms with Gasteiger partial charge >= 0.3 is 5.97 Å². The van der Waals surface area contributed by atoms with Gasteiger partial charge in [-0.1, -0.05) is 24.3 Å². The van der Waals surface area contributed by atoms with E-state index in [9.17, 15) is 14.4 Å². The predicted octanol–water partition coefficient (Wildman–Crippen LogP) is 4.94. The third-order valence-corrected chi connectivity index (χ3v) is 6.15. The molecule has 168 valence electrons. The fourth-order valence-electron chi connectivity index (χ4n) is 3.01. The maximum Gasteiger partial charge on any atom is 0.343 e. The first-order valence-corrected chi connectivity index (χ1v) is 11.4. The second kappa shape index (κ2) is 10.7. The van der Waals surface area contributed by atoms with Gasteiger partial charge < -0.3 is 14.2 Å². The number of ether oxygens (including phenoxy) is 3. The van der Waals surface area contributed by atoms with Crippen molar-refractivity contribution in [3.8, 4) is 11.5 Å². The number of hydrogen-bond donors (Lipinski definition) is 0. The summed E-state index contributed by atoms with van der Waals surface area (Å²) < 4.78 is 16.3. The van der Waals surface area contributed by atoms with Crippen molar-refractivity contribution in [3.05, 3.63) is 62.5 Å². The first-order valence-electron chi connectivity index (χ1n) is 9.79. The van der Waals surface area contributed by atoms with Crippen molar-refractivity contribution in [1.82, 2.24) is 4.90 Å². The summed E-state index contributed by atoms with van der Waals surface area (Å²) in [7, 11) is 1.28. The molecule has 1 aliphatic heterocycles. The number of imide groups is 1. The molecule has 2 aromatic rings. The van der Waals surface area contributed by atoms with Crippen LogP contribution < -0.4 is 9.47 Å². The van der Waals surface area contributed by atoms with Gasteiger partial charge in [0.25, 0.3) is 11.1 Å². The SMILES string of the molecule is CCOc1cc(/C=C2\SC(=O)N(Cc3ccccc3C)C2=O)cc(Br)c1OCC(=O)OC. The Bertz CT molecular complexity index is 1080. The molecular weight excluding hydrogens is 498 g/mol. The molecular formula is C23H22BrNO6S. The summed E-state index contributed by atoms with van der Waals surface area (Å²) in [6.45, 7) is 4.09. The summed E-state index contributed by atoms with van der Waals surface area (Å²) in [4.78, 5) is 38.4. The lowest BCUT2D eigenvalue weighted by molar-refractivity contribution is -0.143. The van der Waals surface area contributed by atoms with E-state index in [-0.39, 0.29) is 24.3 Å². The Balaban J connectivity index is 1.85. The molecule has 0 unspecified atom stereocenters. The smallest absolute Gasteiger partial charge is 0.343 e.